The largest absolute Gasteiger partial charge is 0.330 e. The quantitative estimate of drug-likeness (QED) is 0.895. The van der Waals surface area contributed by atoms with Crippen molar-refractivity contribution >= 4 is 11.0 Å². The lowest BCUT2D eigenvalue weighted by Gasteiger charge is -2.35. The maximum absolute atomic E-state index is 5.82. The van der Waals surface area contributed by atoms with Gasteiger partial charge in [-0.25, -0.2) is 4.98 Å². The third-order valence-electron chi connectivity index (χ3n) is 4.50. The van der Waals surface area contributed by atoms with E-state index in [1.54, 1.807) is 0 Å². The Balaban J connectivity index is 1.91. The van der Waals surface area contributed by atoms with Crippen molar-refractivity contribution in [3.63, 3.8) is 0 Å². The van der Waals surface area contributed by atoms with E-state index in [1.807, 2.05) is 0 Å². The highest BCUT2D eigenvalue weighted by Crippen LogP contribution is 2.36. The summed E-state index contributed by atoms with van der Waals surface area (Å²) in [7, 11) is 0. The maximum Gasteiger partial charge on any atom is 0.110 e. The molecule has 2 N–H and O–H groups in total. The lowest BCUT2D eigenvalue weighted by molar-refractivity contribution is 0.179. The molecule has 0 aliphatic heterocycles. The number of rotatable bonds is 5. The molecule has 3 heteroatoms. The van der Waals surface area contributed by atoms with E-state index < -0.39 is 0 Å². The molecule has 3 nitrogen and oxygen atoms in total. The third-order valence-corrected chi connectivity index (χ3v) is 4.50. The molecule has 102 valence electrons. The summed E-state index contributed by atoms with van der Waals surface area (Å²) >= 11 is 0. The highest BCUT2D eigenvalue weighted by molar-refractivity contribution is 5.75. The normalized spacial score (nSPS) is 22.6. The Morgan fingerprint density at radius 2 is 2.05 bits per heavy atom. The molecule has 1 saturated carbocycles. The second-order valence-corrected chi connectivity index (χ2v) is 5.71. The molecule has 1 fully saturated rings. The number of hydrogen-bond acceptors (Lipinski definition) is 2. The average molecular weight is 257 g/mol. The number of aryl methyl sites for hydroxylation is 1. The van der Waals surface area contributed by atoms with Gasteiger partial charge < -0.3 is 10.3 Å². The van der Waals surface area contributed by atoms with E-state index in [0.29, 0.717) is 0 Å². The molecule has 0 spiro atoms. The van der Waals surface area contributed by atoms with E-state index in [9.17, 15) is 0 Å². The molecule has 0 saturated heterocycles. The van der Waals surface area contributed by atoms with Gasteiger partial charge in [-0.1, -0.05) is 19.1 Å². The zero-order chi connectivity index (χ0) is 13.2. The van der Waals surface area contributed by atoms with Crippen LogP contribution in [0.25, 0.3) is 11.0 Å². The van der Waals surface area contributed by atoms with Gasteiger partial charge in [0, 0.05) is 13.0 Å². The zero-order valence-corrected chi connectivity index (χ0v) is 11.7. The third kappa shape index (κ3) is 2.27. The second-order valence-electron chi connectivity index (χ2n) is 5.71. The lowest BCUT2D eigenvalue weighted by Crippen LogP contribution is -2.34. The summed E-state index contributed by atoms with van der Waals surface area (Å²) in [5, 5.41) is 0. The van der Waals surface area contributed by atoms with Crippen LogP contribution < -0.4 is 5.73 Å². The molecule has 1 aromatic carbocycles. The molecule has 2 unspecified atom stereocenters. The monoisotopic (exact) mass is 257 g/mol. The van der Waals surface area contributed by atoms with Gasteiger partial charge in [0.25, 0.3) is 0 Å². The molecule has 2 atom stereocenters. The summed E-state index contributed by atoms with van der Waals surface area (Å²) in [6.45, 7) is 4.12. The van der Waals surface area contributed by atoms with Crippen LogP contribution in [0.5, 0.6) is 0 Å². The summed E-state index contributed by atoms with van der Waals surface area (Å²) < 4.78 is 2.40. The summed E-state index contributed by atoms with van der Waals surface area (Å²) in [6.07, 6.45) is 4.86. The van der Waals surface area contributed by atoms with Gasteiger partial charge >= 0.3 is 0 Å². The van der Waals surface area contributed by atoms with Crippen molar-refractivity contribution in [2.45, 2.75) is 39.2 Å². The fourth-order valence-corrected chi connectivity index (χ4v) is 3.21. The van der Waals surface area contributed by atoms with Crippen molar-refractivity contribution in [3.8, 4) is 0 Å². The van der Waals surface area contributed by atoms with Gasteiger partial charge in [-0.05, 0) is 49.8 Å². The van der Waals surface area contributed by atoms with Gasteiger partial charge in [-0.15, -0.1) is 0 Å². The van der Waals surface area contributed by atoms with Gasteiger partial charge in [0.2, 0.25) is 0 Å². The molecule has 1 heterocycles. The van der Waals surface area contributed by atoms with E-state index in [4.69, 9.17) is 10.7 Å². The number of benzene rings is 1. The maximum atomic E-state index is 5.82. The SMILES string of the molecule is CCCn1c(CC2CCC2CN)nc2ccccc21. The van der Waals surface area contributed by atoms with Gasteiger partial charge in [0.1, 0.15) is 5.82 Å². The van der Waals surface area contributed by atoms with Crippen molar-refractivity contribution < 1.29 is 0 Å². The Kier molecular flexibility index (Phi) is 3.56. The summed E-state index contributed by atoms with van der Waals surface area (Å²) in [5.41, 5.74) is 8.24. The molecular weight excluding hydrogens is 234 g/mol. The fraction of sp³-hybridized carbons (Fsp3) is 0.562. The van der Waals surface area contributed by atoms with Crippen molar-refractivity contribution in [2.75, 3.05) is 6.54 Å². The number of nitrogens with two attached hydrogens (primary N) is 1. The van der Waals surface area contributed by atoms with Crippen LogP contribution in [0.2, 0.25) is 0 Å². The Morgan fingerprint density at radius 3 is 2.74 bits per heavy atom. The number of imidazole rings is 1. The topological polar surface area (TPSA) is 43.8 Å². The number of nitrogens with zero attached hydrogens (tertiary/aromatic N) is 2. The highest BCUT2D eigenvalue weighted by atomic mass is 15.1. The van der Waals surface area contributed by atoms with E-state index in [-0.39, 0.29) is 0 Å². The molecule has 3 rings (SSSR count). The number of para-hydroxylation sites is 2. The van der Waals surface area contributed by atoms with E-state index in [1.165, 1.54) is 24.2 Å². The van der Waals surface area contributed by atoms with Crippen LogP contribution in [-0.2, 0) is 13.0 Å². The van der Waals surface area contributed by atoms with Crippen molar-refractivity contribution in [3.05, 3.63) is 30.1 Å². The van der Waals surface area contributed by atoms with Crippen LogP contribution in [0, 0.1) is 11.8 Å². The smallest absolute Gasteiger partial charge is 0.110 e. The summed E-state index contributed by atoms with van der Waals surface area (Å²) in [6, 6.07) is 8.47. The fourth-order valence-electron chi connectivity index (χ4n) is 3.21. The van der Waals surface area contributed by atoms with E-state index in [0.717, 1.165) is 43.3 Å². The van der Waals surface area contributed by atoms with Crippen molar-refractivity contribution in [1.29, 1.82) is 0 Å². The van der Waals surface area contributed by atoms with Crippen LogP contribution in [0.15, 0.2) is 24.3 Å². The standard InChI is InChI=1S/C16H23N3/c1-2-9-19-15-6-4-3-5-14(15)18-16(19)10-12-7-8-13(12)11-17/h3-6,12-13H,2,7-11,17H2,1H3. The van der Waals surface area contributed by atoms with Crippen LogP contribution in [0.3, 0.4) is 0 Å². The molecule has 1 aliphatic carbocycles. The second kappa shape index (κ2) is 5.33. The van der Waals surface area contributed by atoms with Crippen LogP contribution in [0.1, 0.15) is 32.0 Å². The van der Waals surface area contributed by atoms with Gasteiger partial charge in [0.15, 0.2) is 0 Å². The van der Waals surface area contributed by atoms with Gasteiger partial charge in [-0.2, -0.15) is 0 Å². The minimum atomic E-state index is 0.717. The molecule has 0 bridgehead atoms. The predicted octanol–water partition coefficient (Wildman–Crippen LogP) is 2.97. The molecular formula is C16H23N3. The van der Waals surface area contributed by atoms with E-state index >= 15 is 0 Å². The first-order chi connectivity index (χ1) is 9.33. The molecule has 0 radical (unpaired) electrons. The Labute approximate surface area is 114 Å². The Hall–Kier alpha value is -1.35. The highest BCUT2D eigenvalue weighted by Gasteiger charge is 2.30. The van der Waals surface area contributed by atoms with Gasteiger partial charge in [0.05, 0.1) is 11.0 Å². The van der Waals surface area contributed by atoms with Gasteiger partial charge in [-0.3, -0.25) is 0 Å². The zero-order valence-electron chi connectivity index (χ0n) is 11.7. The van der Waals surface area contributed by atoms with Crippen LogP contribution in [-0.4, -0.2) is 16.1 Å². The van der Waals surface area contributed by atoms with Crippen molar-refractivity contribution in [1.82, 2.24) is 9.55 Å². The van der Waals surface area contributed by atoms with Crippen LogP contribution >= 0.6 is 0 Å². The Bertz CT molecular complexity index is 556. The Morgan fingerprint density at radius 1 is 1.26 bits per heavy atom. The first-order valence-corrected chi connectivity index (χ1v) is 7.47. The number of aromatic nitrogens is 2. The molecule has 2 aromatic rings. The lowest BCUT2D eigenvalue weighted by atomic mass is 9.72. The average Bonchev–Trinajstić information content (AvgIpc) is 2.74. The molecule has 1 aliphatic rings. The van der Waals surface area contributed by atoms with Crippen molar-refractivity contribution in [2.24, 2.45) is 17.6 Å². The molecule has 19 heavy (non-hydrogen) atoms. The van der Waals surface area contributed by atoms with Crippen LogP contribution in [0.4, 0.5) is 0 Å². The number of fused-ring (bicyclic) bond motifs is 1. The number of hydrogen-bond donors (Lipinski definition) is 1. The minimum Gasteiger partial charge on any atom is -0.330 e. The predicted molar refractivity (Wildman–Crippen MR) is 79.0 cm³/mol. The summed E-state index contributed by atoms with van der Waals surface area (Å²) in [5.74, 6) is 2.72. The first kappa shape index (κ1) is 12.7. The van der Waals surface area contributed by atoms with E-state index in [2.05, 4.69) is 35.8 Å². The molecule has 0 amide bonds. The first-order valence-electron chi connectivity index (χ1n) is 7.47. The molecule has 1 aromatic heterocycles. The summed E-state index contributed by atoms with van der Waals surface area (Å²) in [4.78, 5) is 4.84. The minimum absolute atomic E-state index is 0.717.